The molecule has 14 heavy (non-hydrogen) atoms. The van der Waals surface area contributed by atoms with E-state index in [0.29, 0.717) is 12.5 Å². The van der Waals surface area contributed by atoms with Gasteiger partial charge in [0.15, 0.2) is 0 Å². The van der Waals surface area contributed by atoms with Crippen LogP contribution in [0.15, 0.2) is 0 Å². The summed E-state index contributed by atoms with van der Waals surface area (Å²) < 4.78 is 0. The summed E-state index contributed by atoms with van der Waals surface area (Å²) >= 11 is 1.93. The van der Waals surface area contributed by atoms with Gasteiger partial charge in [0.05, 0.1) is 0 Å². The third-order valence-electron chi connectivity index (χ3n) is 1.88. The van der Waals surface area contributed by atoms with Crippen molar-refractivity contribution in [1.82, 2.24) is 5.32 Å². The van der Waals surface area contributed by atoms with Gasteiger partial charge in [-0.25, -0.2) is 0 Å². The van der Waals surface area contributed by atoms with Crippen molar-refractivity contribution in [3.63, 3.8) is 0 Å². The number of nitrogens with one attached hydrogen (secondary N) is 1. The highest BCUT2D eigenvalue weighted by atomic mass is 32.2. The fourth-order valence-electron chi connectivity index (χ4n) is 1.10. The lowest BCUT2D eigenvalue weighted by molar-refractivity contribution is -0.137. The molecule has 0 fully saturated rings. The van der Waals surface area contributed by atoms with Crippen molar-refractivity contribution >= 4 is 17.7 Å². The predicted octanol–water partition coefficient (Wildman–Crippen LogP) is 1.97. The van der Waals surface area contributed by atoms with Gasteiger partial charge in [0.1, 0.15) is 0 Å². The van der Waals surface area contributed by atoms with Gasteiger partial charge in [0.25, 0.3) is 0 Å². The van der Waals surface area contributed by atoms with E-state index >= 15 is 0 Å². The minimum atomic E-state index is -0.695. The van der Waals surface area contributed by atoms with E-state index in [2.05, 4.69) is 19.2 Å². The summed E-state index contributed by atoms with van der Waals surface area (Å²) in [5.74, 6) is 1.60. The molecule has 84 valence electrons. The van der Waals surface area contributed by atoms with Crippen LogP contribution in [0.25, 0.3) is 0 Å². The second kappa shape index (κ2) is 9.34. The Balaban J connectivity index is 3.14. The molecule has 0 radical (unpaired) electrons. The SMILES string of the molecule is CCSCC(C)NCCCCC(=O)O. The van der Waals surface area contributed by atoms with Crippen molar-refractivity contribution in [2.45, 2.75) is 39.2 Å². The highest BCUT2D eigenvalue weighted by molar-refractivity contribution is 7.99. The van der Waals surface area contributed by atoms with E-state index in [1.54, 1.807) is 0 Å². The van der Waals surface area contributed by atoms with Crippen molar-refractivity contribution in [1.29, 1.82) is 0 Å². The standard InChI is InChI=1S/C10H21NO2S/c1-3-14-8-9(2)11-7-5-4-6-10(12)13/h9,11H,3-8H2,1-2H3,(H,12,13). The summed E-state index contributed by atoms with van der Waals surface area (Å²) in [5, 5.41) is 11.8. The third-order valence-corrected chi connectivity index (χ3v) is 3.03. The fourth-order valence-corrected chi connectivity index (χ4v) is 1.81. The van der Waals surface area contributed by atoms with Gasteiger partial charge in [-0.05, 0) is 32.1 Å². The van der Waals surface area contributed by atoms with E-state index in [1.807, 2.05) is 11.8 Å². The van der Waals surface area contributed by atoms with Gasteiger partial charge in [-0.15, -0.1) is 0 Å². The van der Waals surface area contributed by atoms with Gasteiger partial charge in [0.2, 0.25) is 0 Å². The minimum Gasteiger partial charge on any atom is -0.481 e. The Morgan fingerprint density at radius 3 is 2.79 bits per heavy atom. The Morgan fingerprint density at radius 1 is 1.50 bits per heavy atom. The first-order valence-electron chi connectivity index (χ1n) is 5.19. The third kappa shape index (κ3) is 9.86. The summed E-state index contributed by atoms with van der Waals surface area (Å²) in [6, 6.07) is 0.532. The molecule has 3 nitrogen and oxygen atoms in total. The maximum atomic E-state index is 10.2. The normalized spacial score (nSPS) is 12.7. The first kappa shape index (κ1) is 13.8. The molecule has 1 unspecified atom stereocenters. The molecule has 4 heteroatoms. The second-order valence-electron chi connectivity index (χ2n) is 3.37. The van der Waals surface area contributed by atoms with Crippen molar-refractivity contribution in [2.75, 3.05) is 18.1 Å². The zero-order valence-electron chi connectivity index (χ0n) is 9.08. The van der Waals surface area contributed by atoms with Crippen LogP contribution in [0, 0.1) is 0 Å². The van der Waals surface area contributed by atoms with Crippen LogP contribution in [-0.4, -0.2) is 35.2 Å². The zero-order valence-corrected chi connectivity index (χ0v) is 9.90. The zero-order chi connectivity index (χ0) is 10.8. The highest BCUT2D eigenvalue weighted by Crippen LogP contribution is 2.01. The van der Waals surface area contributed by atoms with Crippen molar-refractivity contribution in [3.8, 4) is 0 Å². The van der Waals surface area contributed by atoms with Crippen molar-refractivity contribution in [3.05, 3.63) is 0 Å². The van der Waals surface area contributed by atoms with Crippen LogP contribution in [0.2, 0.25) is 0 Å². The number of carbonyl (C=O) groups is 1. The molecule has 2 N–H and O–H groups in total. The molecule has 0 aromatic carbocycles. The lowest BCUT2D eigenvalue weighted by atomic mass is 10.2. The monoisotopic (exact) mass is 219 g/mol. The van der Waals surface area contributed by atoms with Crippen LogP contribution >= 0.6 is 11.8 Å². The first-order valence-corrected chi connectivity index (χ1v) is 6.35. The van der Waals surface area contributed by atoms with Crippen LogP contribution in [0.1, 0.15) is 33.1 Å². The Morgan fingerprint density at radius 2 is 2.21 bits per heavy atom. The number of hydrogen-bond donors (Lipinski definition) is 2. The lowest BCUT2D eigenvalue weighted by Gasteiger charge is -2.12. The minimum absolute atomic E-state index is 0.291. The number of aliphatic carboxylic acids is 1. The number of rotatable bonds is 9. The molecule has 0 aromatic heterocycles. The average Bonchev–Trinajstić information content (AvgIpc) is 2.13. The number of carboxylic acid groups (broad SMARTS) is 1. The molecule has 0 aliphatic rings. The van der Waals surface area contributed by atoms with E-state index in [0.717, 1.165) is 30.9 Å². The largest absolute Gasteiger partial charge is 0.481 e. The molecule has 0 heterocycles. The second-order valence-corrected chi connectivity index (χ2v) is 4.68. The van der Waals surface area contributed by atoms with E-state index in [4.69, 9.17) is 5.11 Å². The summed E-state index contributed by atoms with van der Waals surface area (Å²) in [7, 11) is 0. The Kier molecular flexibility index (Phi) is 9.19. The van der Waals surface area contributed by atoms with E-state index < -0.39 is 5.97 Å². The summed E-state index contributed by atoms with van der Waals surface area (Å²) in [6.07, 6.45) is 2.02. The number of carboxylic acids is 1. The van der Waals surface area contributed by atoms with Crippen LogP contribution in [-0.2, 0) is 4.79 Å². The summed E-state index contributed by atoms with van der Waals surface area (Å²) in [5.41, 5.74) is 0. The Hall–Kier alpha value is -0.220. The van der Waals surface area contributed by atoms with Gasteiger partial charge >= 0.3 is 5.97 Å². The molecule has 0 saturated heterocycles. The molecule has 0 saturated carbocycles. The number of hydrogen-bond acceptors (Lipinski definition) is 3. The molecule has 0 rings (SSSR count). The molecular weight excluding hydrogens is 198 g/mol. The lowest BCUT2D eigenvalue weighted by Crippen LogP contribution is -2.29. The molecule has 0 aromatic rings. The molecular formula is C10H21NO2S. The first-order chi connectivity index (χ1) is 6.66. The van der Waals surface area contributed by atoms with Gasteiger partial charge in [-0.3, -0.25) is 4.79 Å². The number of unbranched alkanes of at least 4 members (excludes halogenated alkanes) is 1. The number of thioether (sulfide) groups is 1. The van der Waals surface area contributed by atoms with Gasteiger partial charge in [-0.2, -0.15) is 11.8 Å². The van der Waals surface area contributed by atoms with Crippen molar-refractivity contribution in [2.24, 2.45) is 0 Å². The smallest absolute Gasteiger partial charge is 0.303 e. The molecule has 1 atom stereocenters. The van der Waals surface area contributed by atoms with Crippen LogP contribution < -0.4 is 5.32 Å². The van der Waals surface area contributed by atoms with Gasteiger partial charge < -0.3 is 10.4 Å². The molecule has 0 aliphatic carbocycles. The van der Waals surface area contributed by atoms with Crippen LogP contribution in [0.4, 0.5) is 0 Å². The molecule has 0 amide bonds. The molecule has 0 spiro atoms. The molecule has 0 aliphatic heterocycles. The van der Waals surface area contributed by atoms with E-state index in [-0.39, 0.29) is 0 Å². The maximum absolute atomic E-state index is 10.2. The summed E-state index contributed by atoms with van der Waals surface area (Å²) in [4.78, 5) is 10.2. The Bertz CT molecular complexity index is 153. The predicted molar refractivity (Wildman–Crippen MR) is 62.0 cm³/mol. The molecule has 0 bridgehead atoms. The highest BCUT2D eigenvalue weighted by Gasteiger charge is 2.00. The Labute approximate surface area is 90.7 Å². The van der Waals surface area contributed by atoms with Crippen LogP contribution in [0.5, 0.6) is 0 Å². The average molecular weight is 219 g/mol. The quantitative estimate of drug-likeness (QED) is 0.582. The van der Waals surface area contributed by atoms with Gasteiger partial charge in [-0.1, -0.05) is 6.92 Å². The summed E-state index contributed by atoms with van der Waals surface area (Å²) in [6.45, 7) is 5.25. The van der Waals surface area contributed by atoms with E-state index in [1.165, 1.54) is 0 Å². The topological polar surface area (TPSA) is 49.3 Å². The van der Waals surface area contributed by atoms with E-state index in [9.17, 15) is 4.79 Å². The van der Waals surface area contributed by atoms with Crippen molar-refractivity contribution < 1.29 is 9.90 Å². The van der Waals surface area contributed by atoms with Gasteiger partial charge in [0, 0.05) is 18.2 Å². The van der Waals surface area contributed by atoms with Crippen LogP contribution in [0.3, 0.4) is 0 Å². The fraction of sp³-hybridized carbons (Fsp3) is 0.900. The maximum Gasteiger partial charge on any atom is 0.303 e.